The highest BCUT2D eigenvalue weighted by Gasteiger charge is 2.31. The van der Waals surface area contributed by atoms with E-state index in [0.29, 0.717) is 33.8 Å². The van der Waals surface area contributed by atoms with Gasteiger partial charge in [-0.2, -0.15) is 0 Å². The highest BCUT2D eigenvalue weighted by atomic mass is 35.5. The normalized spacial score (nSPS) is 14.7. The average Bonchev–Trinajstić information content (AvgIpc) is 2.87. The van der Waals surface area contributed by atoms with E-state index in [4.69, 9.17) is 42.8 Å². The number of hydrogen-bond acceptors (Lipinski definition) is 5. The first-order chi connectivity index (χ1) is 17.0. The van der Waals surface area contributed by atoms with Gasteiger partial charge in [0.05, 0.1) is 34.5 Å². The lowest BCUT2D eigenvalue weighted by molar-refractivity contribution is 0.295. The van der Waals surface area contributed by atoms with Gasteiger partial charge in [-0.25, -0.2) is 0 Å². The molecule has 1 unspecified atom stereocenters. The van der Waals surface area contributed by atoms with E-state index in [0.717, 1.165) is 35.5 Å². The summed E-state index contributed by atoms with van der Waals surface area (Å²) in [6.45, 7) is 0.757. The van der Waals surface area contributed by atoms with Crippen LogP contribution in [0.3, 0.4) is 0 Å². The Hall–Kier alpha value is -3.16. The molecule has 0 fully saturated rings. The topological polar surface area (TPSA) is 52.2 Å². The van der Waals surface area contributed by atoms with Crippen molar-refractivity contribution in [2.75, 3.05) is 40.3 Å². The fraction of sp³-hybridized carbons (Fsp3) is 0.296. The van der Waals surface area contributed by atoms with Gasteiger partial charge in [-0.05, 0) is 84.2 Å². The lowest BCUT2D eigenvalue weighted by atomic mass is 9.88. The number of thiocarbonyl (C=S) groups is 1. The molecule has 0 bridgehead atoms. The zero-order chi connectivity index (χ0) is 24.9. The lowest BCUT2D eigenvalue weighted by Gasteiger charge is -2.39. The molecule has 0 aliphatic carbocycles. The summed E-state index contributed by atoms with van der Waals surface area (Å²) in [6.07, 6.45) is 1.54. The maximum absolute atomic E-state index is 6.19. The monoisotopic (exact) mass is 512 g/mol. The summed E-state index contributed by atoms with van der Waals surface area (Å²) in [7, 11) is 6.59. The van der Waals surface area contributed by atoms with Crippen LogP contribution < -0.4 is 24.3 Å². The number of halogens is 1. The highest BCUT2D eigenvalue weighted by Crippen LogP contribution is 2.40. The van der Waals surface area contributed by atoms with Crippen molar-refractivity contribution in [1.82, 2.24) is 4.90 Å². The van der Waals surface area contributed by atoms with Gasteiger partial charge >= 0.3 is 0 Å². The lowest BCUT2D eigenvalue weighted by Crippen LogP contribution is -2.43. The summed E-state index contributed by atoms with van der Waals surface area (Å²) in [6, 6.07) is 17.7. The summed E-state index contributed by atoms with van der Waals surface area (Å²) in [5.74, 6) is 2.81. The van der Waals surface area contributed by atoms with Gasteiger partial charge < -0.3 is 29.2 Å². The first-order valence-electron chi connectivity index (χ1n) is 11.3. The second-order valence-corrected chi connectivity index (χ2v) is 9.02. The van der Waals surface area contributed by atoms with Gasteiger partial charge in [-0.15, -0.1) is 0 Å². The Balaban J connectivity index is 1.72. The molecule has 0 saturated heterocycles. The molecule has 0 spiro atoms. The number of anilines is 1. The van der Waals surface area contributed by atoms with Crippen LogP contribution in [0.25, 0.3) is 0 Å². The molecular weight excluding hydrogens is 484 g/mol. The third-order valence-electron chi connectivity index (χ3n) is 6.22. The zero-order valence-electron chi connectivity index (χ0n) is 20.3. The molecule has 1 atom stereocenters. The Kier molecular flexibility index (Phi) is 7.88. The van der Waals surface area contributed by atoms with Gasteiger partial charge in [0, 0.05) is 17.3 Å². The predicted octanol–water partition coefficient (Wildman–Crippen LogP) is 5.91. The molecule has 1 aliphatic heterocycles. The molecule has 3 aromatic rings. The van der Waals surface area contributed by atoms with Gasteiger partial charge in [0.25, 0.3) is 0 Å². The number of fused-ring (bicyclic) bond motifs is 1. The standard InChI is InChI=1S/C27H29ClN2O4S/c1-31-23-9-8-17(13-24(23)32-2)12-22-21-16-26(34-4)25(33-3)14-18(21)10-11-30(22)27(35)29-20-7-5-6-19(28)15-20/h5-9,13-16,22H,10-12H2,1-4H3,(H,29,35). The minimum Gasteiger partial charge on any atom is -0.493 e. The van der Waals surface area contributed by atoms with Gasteiger partial charge in [0.2, 0.25) is 0 Å². The average molecular weight is 513 g/mol. The van der Waals surface area contributed by atoms with Crippen molar-refractivity contribution < 1.29 is 18.9 Å². The third-order valence-corrected chi connectivity index (χ3v) is 6.79. The van der Waals surface area contributed by atoms with Crippen LogP contribution >= 0.6 is 23.8 Å². The third kappa shape index (κ3) is 5.41. The minimum atomic E-state index is -0.0316. The van der Waals surface area contributed by atoms with Crippen LogP contribution in [0.15, 0.2) is 54.6 Å². The quantitative estimate of drug-likeness (QED) is 0.395. The number of hydrogen-bond donors (Lipinski definition) is 1. The summed E-state index contributed by atoms with van der Waals surface area (Å²) in [5.41, 5.74) is 4.32. The Bertz CT molecular complexity index is 1220. The summed E-state index contributed by atoms with van der Waals surface area (Å²) >= 11 is 12.1. The summed E-state index contributed by atoms with van der Waals surface area (Å²) < 4.78 is 22.1. The molecule has 0 amide bonds. The van der Waals surface area contributed by atoms with Crippen molar-refractivity contribution in [3.05, 3.63) is 76.3 Å². The SMILES string of the molecule is COc1ccc(CC2c3cc(OC)c(OC)cc3CCN2C(=S)Nc2cccc(Cl)c2)cc1OC. The largest absolute Gasteiger partial charge is 0.493 e. The molecule has 1 heterocycles. The molecule has 184 valence electrons. The van der Waals surface area contributed by atoms with Crippen molar-refractivity contribution in [3.8, 4) is 23.0 Å². The molecule has 6 nitrogen and oxygen atoms in total. The summed E-state index contributed by atoms with van der Waals surface area (Å²) in [4.78, 5) is 2.22. The number of nitrogens with zero attached hydrogens (tertiary/aromatic N) is 1. The first-order valence-corrected chi connectivity index (χ1v) is 12.0. The molecule has 0 radical (unpaired) electrons. The van der Waals surface area contributed by atoms with E-state index < -0.39 is 0 Å². The van der Waals surface area contributed by atoms with Crippen molar-refractivity contribution >= 4 is 34.6 Å². The van der Waals surface area contributed by atoms with E-state index in [1.807, 2.05) is 36.4 Å². The highest BCUT2D eigenvalue weighted by molar-refractivity contribution is 7.80. The van der Waals surface area contributed by atoms with Gasteiger partial charge in [0.15, 0.2) is 28.1 Å². The van der Waals surface area contributed by atoms with Crippen molar-refractivity contribution in [1.29, 1.82) is 0 Å². The van der Waals surface area contributed by atoms with E-state index in [1.54, 1.807) is 28.4 Å². The Morgan fingerprint density at radius 1 is 0.914 bits per heavy atom. The Morgan fingerprint density at radius 2 is 1.60 bits per heavy atom. The fourth-order valence-corrected chi connectivity index (χ4v) is 5.01. The Morgan fingerprint density at radius 3 is 2.29 bits per heavy atom. The molecule has 35 heavy (non-hydrogen) atoms. The number of ether oxygens (including phenoxy) is 4. The fourth-order valence-electron chi connectivity index (χ4n) is 4.48. The molecule has 4 rings (SSSR count). The van der Waals surface area contributed by atoms with Crippen LogP contribution in [-0.2, 0) is 12.8 Å². The first kappa shape index (κ1) is 24.9. The van der Waals surface area contributed by atoms with Gasteiger partial charge in [0.1, 0.15) is 0 Å². The molecule has 3 aromatic carbocycles. The van der Waals surface area contributed by atoms with E-state index in [1.165, 1.54) is 5.56 Å². The van der Waals surface area contributed by atoms with Crippen molar-refractivity contribution in [3.63, 3.8) is 0 Å². The van der Waals surface area contributed by atoms with Crippen molar-refractivity contribution in [2.45, 2.75) is 18.9 Å². The second-order valence-electron chi connectivity index (χ2n) is 8.20. The number of methoxy groups -OCH3 is 4. The van der Waals surface area contributed by atoms with Crippen molar-refractivity contribution in [2.24, 2.45) is 0 Å². The van der Waals surface area contributed by atoms with Crippen LogP contribution in [-0.4, -0.2) is 45.0 Å². The molecule has 1 aliphatic rings. The Labute approximate surface area is 216 Å². The number of rotatable bonds is 7. The smallest absolute Gasteiger partial charge is 0.173 e. The van der Waals surface area contributed by atoms with Crippen LogP contribution in [0.2, 0.25) is 5.02 Å². The molecule has 0 aromatic heterocycles. The van der Waals surface area contributed by atoms with Crippen LogP contribution in [0.1, 0.15) is 22.7 Å². The van der Waals surface area contributed by atoms with Crippen LogP contribution in [0.5, 0.6) is 23.0 Å². The maximum Gasteiger partial charge on any atom is 0.173 e. The molecule has 1 N–H and O–H groups in total. The van der Waals surface area contributed by atoms with Gasteiger partial charge in [-0.3, -0.25) is 0 Å². The van der Waals surface area contributed by atoms with E-state index >= 15 is 0 Å². The van der Waals surface area contributed by atoms with E-state index in [-0.39, 0.29) is 6.04 Å². The number of benzene rings is 3. The van der Waals surface area contributed by atoms with E-state index in [9.17, 15) is 0 Å². The second kappa shape index (κ2) is 11.1. The zero-order valence-corrected chi connectivity index (χ0v) is 21.8. The molecule has 0 saturated carbocycles. The predicted molar refractivity (Wildman–Crippen MR) is 144 cm³/mol. The maximum atomic E-state index is 6.19. The number of nitrogens with one attached hydrogen (secondary N) is 1. The van der Waals surface area contributed by atoms with Crippen LogP contribution in [0.4, 0.5) is 5.69 Å². The van der Waals surface area contributed by atoms with E-state index in [2.05, 4.69) is 28.4 Å². The molecular formula is C27H29ClN2O4S. The molecule has 8 heteroatoms. The van der Waals surface area contributed by atoms with Gasteiger partial charge in [-0.1, -0.05) is 23.7 Å². The minimum absolute atomic E-state index is 0.0316. The van der Waals surface area contributed by atoms with Crippen LogP contribution in [0, 0.1) is 0 Å². The summed E-state index contributed by atoms with van der Waals surface area (Å²) in [5, 5.41) is 4.65.